The maximum absolute atomic E-state index is 13.3. The van der Waals surface area contributed by atoms with Gasteiger partial charge in [-0.25, -0.2) is 4.18 Å². The molecule has 7 nitrogen and oxygen atoms in total. The molecule has 0 radical (unpaired) electrons. The Balaban J connectivity index is 4.88. The lowest BCUT2D eigenvalue weighted by Gasteiger charge is -2.25. The molecule has 0 atom stereocenters. The zero-order chi connectivity index (χ0) is 18.0. The van der Waals surface area contributed by atoms with Crippen molar-refractivity contribution in [3.05, 3.63) is 0 Å². The molecular formula is C8H16F4O7S2Si. The molecule has 0 aromatic heterocycles. The normalized spacial score (nSPS) is 15.1. The maximum Gasteiger partial charge on any atom is 0.390 e. The zero-order valence-electron chi connectivity index (χ0n) is 12.1. The Hall–Kier alpha value is -0.283. The Morgan fingerprint density at radius 3 is 1.55 bits per heavy atom. The van der Waals surface area contributed by atoms with Crippen LogP contribution >= 0.6 is 0 Å². The first kappa shape index (κ1) is 21.7. The smallest absolute Gasteiger partial charge is 0.294 e. The van der Waals surface area contributed by atoms with Crippen LogP contribution in [0, 0.1) is 0 Å². The molecule has 0 amide bonds. The molecule has 0 spiro atoms. The van der Waals surface area contributed by atoms with E-state index in [0.29, 0.717) is 6.26 Å². The van der Waals surface area contributed by atoms with Crippen LogP contribution in [0.15, 0.2) is 0 Å². The van der Waals surface area contributed by atoms with Gasteiger partial charge in [0, 0.05) is 0 Å². The van der Waals surface area contributed by atoms with E-state index < -0.39 is 53.9 Å². The Kier molecular flexibility index (Phi) is 6.60. The minimum absolute atomic E-state index is 0.393. The van der Waals surface area contributed by atoms with Gasteiger partial charge in [-0.05, 0) is 19.6 Å². The van der Waals surface area contributed by atoms with Crippen molar-refractivity contribution >= 4 is 28.8 Å². The Morgan fingerprint density at radius 2 is 1.23 bits per heavy atom. The van der Waals surface area contributed by atoms with Crippen molar-refractivity contribution in [2.45, 2.75) is 31.5 Å². The predicted molar refractivity (Wildman–Crippen MR) is 70.0 cm³/mol. The summed E-state index contributed by atoms with van der Waals surface area (Å²) in [6, 6.07) is 0. The first-order chi connectivity index (χ1) is 9.37. The summed E-state index contributed by atoms with van der Waals surface area (Å²) in [5.41, 5.74) is 0. The van der Waals surface area contributed by atoms with Crippen molar-refractivity contribution in [1.82, 2.24) is 0 Å². The van der Waals surface area contributed by atoms with Crippen molar-refractivity contribution in [1.29, 1.82) is 0 Å². The lowest BCUT2D eigenvalue weighted by Crippen LogP contribution is -2.48. The van der Waals surface area contributed by atoms with Gasteiger partial charge in [0.2, 0.25) is 8.32 Å². The zero-order valence-corrected chi connectivity index (χ0v) is 14.7. The Bertz CT molecular complexity index is 582. The molecule has 0 aliphatic rings. The van der Waals surface area contributed by atoms with Crippen LogP contribution in [0.2, 0.25) is 19.6 Å². The van der Waals surface area contributed by atoms with Gasteiger partial charge in [-0.2, -0.15) is 34.4 Å². The molecule has 0 aromatic carbocycles. The molecule has 0 bridgehead atoms. The van der Waals surface area contributed by atoms with Crippen LogP contribution in [0.1, 0.15) is 0 Å². The summed E-state index contributed by atoms with van der Waals surface area (Å²) >= 11 is 0. The van der Waals surface area contributed by atoms with Gasteiger partial charge in [0.1, 0.15) is 13.2 Å². The Labute approximate surface area is 127 Å². The maximum atomic E-state index is 13.3. The molecule has 0 rings (SSSR count). The van der Waals surface area contributed by atoms with Gasteiger partial charge in [0.15, 0.2) is 0 Å². The highest BCUT2D eigenvalue weighted by molar-refractivity contribution is 7.86. The first-order valence-corrected chi connectivity index (χ1v) is 12.1. The third kappa shape index (κ3) is 8.38. The van der Waals surface area contributed by atoms with Gasteiger partial charge in [-0.1, -0.05) is 0 Å². The second-order valence-corrected chi connectivity index (χ2v) is 12.8. The third-order valence-corrected chi connectivity index (χ3v) is 5.50. The summed E-state index contributed by atoms with van der Waals surface area (Å²) in [5, 5.41) is 0. The second kappa shape index (κ2) is 6.68. The monoisotopic (exact) mass is 392 g/mol. The fraction of sp³-hybridized carbons (Fsp3) is 1.00. The van der Waals surface area contributed by atoms with E-state index in [1.54, 1.807) is 0 Å². The van der Waals surface area contributed by atoms with E-state index in [1.165, 1.54) is 19.6 Å². The van der Waals surface area contributed by atoms with Crippen LogP contribution in [-0.2, 0) is 32.8 Å². The molecule has 0 aliphatic heterocycles. The fourth-order valence-electron chi connectivity index (χ4n) is 0.869. The van der Waals surface area contributed by atoms with Crippen molar-refractivity contribution in [2.24, 2.45) is 0 Å². The van der Waals surface area contributed by atoms with Crippen molar-refractivity contribution in [3.8, 4) is 0 Å². The fourth-order valence-corrected chi connectivity index (χ4v) is 4.17. The van der Waals surface area contributed by atoms with Crippen LogP contribution in [0.25, 0.3) is 0 Å². The first-order valence-electron chi connectivity index (χ1n) is 5.57. The van der Waals surface area contributed by atoms with E-state index in [9.17, 15) is 34.4 Å². The quantitative estimate of drug-likeness (QED) is 0.332. The lowest BCUT2D eigenvalue weighted by atomic mass is 10.2. The van der Waals surface area contributed by atoms with Gasteiger partial charge in [-0.15, -0.1) is 0 Å². The number of alkyl halides is 4. The predicted octanol–water partition coefficient (Wildman–Crippen LogP) is 1.35. The van der Waals surface area contributed by atoms with E-state index in [2.05, 4.69) is 12.2 Å². The molecule has 0 aromatic rings. The van der Waals surface area contributed by atoms with Crippen LogP contribution in [0.3, 0.4) is 0 Å². The number of rotatable bonds is 9. The summed E-state index contributed by atoms with van der Waals surface area (Å²) in [6.45, 7) is -0.168. The van der Waals surface area contributed by atoms with E-state index in [1.807, 2.05) is 0 Å². The van der Waals surface area contributed by atoms with E-state index in [-0.39, 0.29) is 0 Å². The summed E-state index contributed by atoms with van der Waals surface area (Å²) in [7, 11) is -12.0. The SMILES string of the molecule is C[Si](C)(C)OS(=O)(=O)OCC(F)(F)C(F)(F)COS(C)(=O)=O. The third-order valence-electron chi connectivity index (χ3n) is 1.73. The van der Waals surface area contributed by atoms with Crippen LogP contribution in [-0.4, -0.2) is 56.5 Å². The van der Waals surface area contributed by atoms with Gasteiger partial charge >= 0.3 is 22.2 Å². The summed E-state index contributed by atoms with van der Waals surface area (Å²) in [4.78, 5) is 0. The van der Waals surface area contributed by atoms with E-state index >= 15 is 0 Å². The molecule has 14 heteroatoms. The average molecular weight is 392 g/mol. The van der Waals surface area contributed by atoms with Crippen molar-refractivity contribution in [3.63, 3.8) is 0 Å². The highest BCUT2D eigenvalue weighted by atomic mass is 32.3. The molecular weight excluding hydrogens is 376 g/mol. The van der Waals surface area contributed by atoms with Crippen molar-refractivity contribution in [2.75, 3.05) is 19.5 Å². The van der Waals surface area contributed by atoms with E-state index in [4.69, 9.17) is 0 Å². The van der Waals surface area contributed by atoms with Gasteiger partial charge in [0.05, 0.1) is 6.26 Å². The summed E-state index contributed by atoms with van der Waals surface area (Å²) in [5.74, 6) is -9.96. The highest BCUT2D eigenvalue weighted by Gasteiger charge is 2.58. The molecule has 0 N–H and O–H groups in total. The van der Waals surface area contributed by atoms with E-state index in [0.717, 1.165) is 0 Å². The minimum atomic E-state index is -4.99. The standard InChI is InChI=1S/C8H16F4O7S2Si/c1-20(13,14)17-5-7(9,10)8(11,12)6-18-21(15,16)19-22(2,3)4/h5-6H2,1-4H3. The van der Waals surface area contributed by atoms with Gasteiger partial charge in [-0.3, -0.25) is 8.06 Å². The highest BCUT2D eigenvalue weighted by Crippen LogP contribution is 2.35. The largest absolute Gasteiger partial charge is 0.390 e. The number of hydrogen-bond donors (Lipinski definition) is 0. The van der Waals surface area contributed by atoms with Gasteiger partial charge in [0.25, 0.3) is 10.1 Å². The summed E-state index contributed by atoms with van der Waals surface area (Å²) < 4.78 is 108. The average Bonchev–Trinajstić information content (AvgIpc) is 2.20. The number of hydrogen-bond acceptors (Lipinski definition) is 7. The lowest BCUT2D eigenvalue weighted by molar-refractivity contribution is -0.232. The van der Waals surface area contributed by atoms with Crippen LogP contribution in [0.5, 0.6) is 0 Å². The molecule has 0 saturated carbocycles. The summed E-state index contributed by atoms with van der Waals surface area (Å²) in [6.07, 6.45) is 0.393. The van der Waals surface area contributed by atoms with Gasteiger partial charge < -0.3 is 0 Å². The van der Waals surface area contributed by atoms with Crippen molar-refractivity contribution < 1.29 is 46.6 Å². The Morgan fingerprint density at radius 1 is 0.864 bits per heavy atom. The van der Waals surface area contributed by atoms with Crippen LogP contribution < -0.4 is 0 Å². The molecule has 0 heterocycles. The number of halogens is 4. The minimum Gasteiger partial charge on any atom is -0.294 e. The second-order valence-electron chi connectivity index (χ2n) is 5.24. The molecule has 0 saturated heterocycles. The topological polar surface area (TPSA) is 96.0 Å². The molecule has 0 unspecified atom stereocenters. The molecule has 134 valence electrons. The molecule has 0 aliphatic carbocycles. The molecule has 0 fully saturated rings. The van der Waals surface area contributed by atoms with Crippen LogP contribution in [0.4, 0.5) is 17.6 Å². The molecule has 22 heavy (non-hydrogen) atoms.